The summed E-state index contributed by atoms with van der Waals surface area (Å²) >= 11 is 3.50. The van der Waals surface area contributed by atoms with E-state index in [-0.39, 0.29) is 31.4 Å². The molecule has 0 radical (unpaired) electrons. The Morgan fingerprint density at radius 2 is 1.81 bits per heavy atom. The third-order valence-corrected chi connectivity index (χ3v) is 10.2. The zero-order chi connectivity index (χ0) is 26.7. The molecular weight excluding hydrogens is 558 g/mol. The molecule has 1 aliphatic carbocycles. The van der Waals surface area contributed by atoms with Crippen molar-refractivity contribution in [1.29, 1.82) is 0 Å². The fourth-order valence-corrected chi connectivity index (χ4v) is 6.83. The molecule has 0 atom stereocenters. The van der Waals surface area contributed by atoms with Gasteiger partial charge in [0.05, 0.1) is 10.8 Å². The van der Waals surface area contributed by atoms with Gasteiger partial charge >= 0.3 is 0 Å². The third-order valence-electron chi connectivity index (χ3n) is 7.43. The van der Waals surface area contributed by atoms with Crippen molar-refractivity contribution in [2.45, 2.75) is 38.4 Å². The number of sulfonamides is 1. The standard InChI is InChI=1S/C27H30BrN3O5S/c1-16(2)37(34,35)31-11-9-30(10-12-31)23(32)15-36-18-6-8-19-21(14-18)27(3,4)26-24(25(19)33)20-7-5-17(28)13-22(20)29-26/h5-8,13-14,16,29H,9-12,15H2,1-4H3. The van der Waals surface area contributed by atoms with Gasteiger partial charge in [0.2, 0.25) is 10.0 Å². The average molecular weight is 589 g/mol. The molecule has 2 aliphatic rings. The number of ketones is 1. The minimum Gasteiger partial charge on any atom is -0.484 e. The Hall–Kier alpha value is -2.69. The highest BCUT2D eigenvalue weighted by atomic mass is 79.9. The molecular formula is C27H30BrN3O5S. The van der Waals surface area contributed by atoms with Crippen LogP contribution >= 0.6 is 15.9 Å². The van der Waals surface area contributed by atoms with Gasteiger partial charge in [0.25, 0.3) is 5.91 Å². The van der Waals surface area contributed by atoms with Gasteiger partial charge in [0, 0.05) is 58.2 Å². The predicted molar refractivity (Wildman–Crippen MR) is 146 cm³/mol. The number of benzene rings is 2. The Kier molecular flexibility index (Phi) is 6.49. The minimum atomic E-state index is -3.33. The molecule has 0 unspecified atom stereocenters. The molecule has 1 amide bonds. The normalized spacial score (nSPS) is 17.7. The lowest BCUT2D eigenvalue weighted by atomic mass is 9.71. The number of ether oxygens (including phenoxy) is 1. The maximum absolute atomic E-state index is 13.5. The fraction of sp³-hybridized carbons (Fsp3) is 0.407. The molecule has 196 valence electrons. The highest BCUT2D eigenvalue weighted by Gasteiger charge is 2.40. The van der Waals surface area contributed by atoms with E-state index in [0.29, 0.717) is 30.0 Å². The van der Waals surface area contributed by atoms with Crippen molar-refractivity contribution < 1.29 is 22.7 Å². The van der Waals surface area contributed by atoms with Gasteiger partial charge in [-0.2, -0.15) is 4.31 Å². The molecule has 3 aromatic rings. The number of amides is 1. The molecule has 5 rings (SSSR count). The van der Waals surface area contributed by atoms with Crippen molar-refractivity contribution in [1.82, 2.24) is 14.2 Å². The quantitative estimate of drug-likeness (QED) is 0.485. The molecule has 37 heavy (non-hydrogen) atoms. The molecule has 0 bridgehead atoms. The Morgan fingerprint density at radius 3 is 2.49 bits per heavy atom. The number of H-pyrrole nitrogens is 1. The lowest BCUT2D eigenvalue weighted by Crippen LogP contribution is -2.52. The second-order valence-corrected chi connectivity index (χ2v) is 13.8. The van der Waals surface area contributed by atoms with Crippen LogP contribution in [0.1, 0.15) is 54.9 Å². The number of hydrogen-bond acceptors (Lipinski definition) is 5. The Labute approximate surface area is 225 Å². The molecule has 2 aromatic carbocycles. The lowest BCUT2D eigenvalue weighted by Gasteiger charge is -2.35. The third kappa shape index (κ3) is 4.38. The first-order valence-electron chi connectivity index (χ1n) is 12.3. The zero-order valence-corrected chi connectivity index (χ0v) is 23.7. The van der Waals surface area contributed by atoms with Crippen molar-refractivity contribution in [3.05, 3.63) is 63.3 Å². The van der Waals surface area contributed by atoms with E-state index in [9.17, 15) is 18.0 Å². The summed E-state index contributed by atoms with van der Waals surface area (Å²) < 4.78 is 33.0. The second-order valence-electron chi connectivity index (χ2n) is 10.4. The molecule has 10 heteroatoms. The Bertz CT molecular complexity index is 1520. The molecule has 1 fully saturated rings. The number of halogens is 1. The Balaban J connectivity index is 1.31. The number of carbonyl (C=O) groups is 2. The number of rotatable bonds is 5. The average Bonchev–Trinajstić information content (AvgIpc) is 3.26. The van der Waals surface area contributed by atoms with Gasteiger partial charge in [-0.25, -0.2) is 8.42 Å². The van der Waals surface area contributed by atoms with Crippen LogP contribution in [0.4, 0.5) is 0 Å². The van der Waals surface area contributed by atoms with Crippen LogP contribution in [0.25, 0.3) is 10.9 Å². The van der Waals surface area contributed by atoms with Crippen molar-refractivity contribution in [3.63, 3.8) is 0 Å². The summed E-state index contributed by atoms with van der Waals surface area (Å²) in [6, 6.07) is 11.2. The van der Waals surface area contributed by atoms with E-state index in [1.807, 2.05) is 24.3 Å². The van der Waals surface area contributed by atoms with E-state index in [1.54, 1.807) is 30.9 Å². The maximum atomic E-state index is 13.5. The number of aromatic nitrogens is 1. The summed E-state index contributed by atoms with van der Waals surface area (Å²) in [7, 11) is -3.33. The molecule has 0 saturated carbocycles. The van der Waals surface area contributed by atoms with Gasteiger partial charge in [0.1, 0.15) is 5.75 Å². The van der Waals surface area contributed by atoms with E-state index in [4.69, 9.17) is 4.74 Å². The number of carbonyl (C=O) groups excluding carboxylic acids is 2. The largest absolute Gasteiger partial charge is 0.484 e. The first kappa shape index (κ1) is 25.9. The smallest absolute Gasteiger partial charge is 0.260 e. The van der Waals surface area contributed by atoms with Crippen molar-refractivity contribution in [2.24, 2.45) is 0 Å². The summed E-state index contributed by atoms with van der Waals surface area (Å²) in [6.07, 6.45) is 0. The number of hydrogen-bond donors (Lipinski definition) is 1. The van der Waals surface area contributed by atoms with Crippen LogP contribution in [-0.2, 0) is 20.2 Å². The number of fused-ring (bicyclic) bond motifs is 4. The highest BCUT2D eigenvalue weighted by molar-refractivity contribution is 9.10. The Morgan fingerprint density at radius 1 is 1.11 bits per heavy atom. The topological polar surface area (TPSA) is 99.8 Å². The van der Waals surface area contributed by atoms with Crippen molar-refractivity contribution in [3.8, 4) is 5.75 Å². The van der Waals surface area contributed by atoms with Gasteiger partial charge in [-0.1, -0.05) is 35.8 Å². The predicted octanol–water partition coefficient (Wildman–Crippen LogP) is 4.06. The van der Waals surface area contributed by atoms with E-state index < -0.39 is 20.7 Å². The SMILES string of the molecule is CC(C)S(=O)(=O)N1CCN(C(=O)COc2ccc3c(c2)C(C)(C)c2[nH]c4cc(Br)ccc4c2C3=O)CC1. The van der Waals surface area contributed by atoms with Crippen molar-refractivity contribution >= 4 is 48.5 Å². The summed E-state index contributed by atoms with van der Waals surface area (Å²) in [5.41, 5.74) is 3.45. The number of piperazine rings is 1. The minimum absolute atomic E-state index is 0.0326. The van der Waals surface area contributed by atoms with Gasteiger partial charge in [0.15, 0.2) is 12.4 Å². The molecule has 2 heterocycles. The van der Waals surface area contributed by atoms with Crippen LogP contribution in [0.15, 0.2) is 40.9 Å². The molecule has 0 spiro atoms. The number of nitrogens with zero attached hydrogens (tertiary/aromatic N) is 2. The van der Waals surface area contributed by atoms with E-state index in [1.165, 1.54) is 4.31 Å². The highest BCUT2D eigenvalue weighted by Crippen LogP contribution is 2.44. The van der Waals surface area contributed by atoms with Crippen LogP contribution in [0.2, 0.25) is 0 Å². The molecule has 1 aliphatic heterocycles. The second kappa shape index (κ2) is 9.25. The number of aromatic amines is 1. The molecule has 1 N–H and O–H groups in total. The van der Waals surface area contributed by atoms with E-state index in [0.717, 1.165) is 26.6 Å². The summed E-state index contributed by atoms with van der Waals surface area (Å²) in [6.45, 7) is 8.53. The number of nitrogens with one attached hydrogen (secondary N) is 1. The van der Waals surface area contributed by atoms with E-state index in [2.05, 4.69) is 34.8 Å². The molecule has 8 nitrogen and oxygen atoms in total. The zero-order valence-electron chi connectivity index (χ0n) is 21.3. The summed E-state index contributed by atoms with van der Waals surface area (Å²) in [4.78, 5) is 31.4. The first-order valence-corrected chi connectivity index (χ1v) is 14.6. The van der Waals surface area contributed by atoms with Crippen molar-refractivity contribution in [2.75, 3.05) is 32.8 Å². The molecule has 1 aromatic heterocycles. The molecule has 1 saturated heterocycles. The summed E-state index contributed by atoms with van der Waals surface area (Å²) in [5, 5.41) is 0.412. The maximum Gasteiger partial charge on any atom is 0.260 e. The van der Waals surface area contributed by atoms with Gasteiger partial charge in [-0.15, -0.1) is 0 Å². The van der Waals surface area contributed by atoms with Gasteiger partial charge < -0.3 is 14.6 Å². The first-order chi connectivity index (χ1) is 17.4. The van der Waals surface area contributed by atoms with E-state index >= 15 is 0 Å². The van der Waals surface area contributed by atoms with Crippen LogP contribution in [0.3, 0.4) is 0 Å². The summed E-state index contributed by atoms with van der Waals surface area (Å²) in [5.74, 6) is 0.282. The fourth-order valence-electron chi connectivity index (χ4n) is 5.20. The van der Waals surface area contributed by atoms with Crippen LogP contribution in [0.5, 0.6) is 5.75 Å². The van der Waals surface area contributed by atoms with Gasteiger partial charge in [-0.3, -0.25) is 9.59 Å². The van der Waals surface area contributed by atoms with Crippen LogP contribution in [-0.4, -0.2) is 72.3 Å². The van der Waals surface area contributed by atoms with Gasteiger partial charge in [-0.05, 0) is 49.7 Å². The van der Waals surface area contributed by atoms with Crippen LogP contribution in [0, 0.1) is 0 Å². The van der Waals surface area contributed by atoms with Crippen LogP contribution < -0.4 is 4.74 Å². The lowest BCUT2D eigenvalue weighted by molar-refractivity contribution is -0.134. The monoisotopic (exact) mass is 587 g/mol.